The Morgan fingerprint density at radius 1 is 1.33 bits per heavy atom. The van der Waals surface area contributed by atoms with Crippen molar-refractivity contribution in [2.24, 2.45) is 5.73 Å². The first-order valence-corrected chi connectivity index (χ1v) is 7.15. The molecule has 0 spiro atoms. The van der Waals surface area contributed by atoms with E-state index in [-0.39, 0.29) is 5.91 Å². The number of nitrogens with one attached hydrogen (secondary N) is 1. The lowest BCUT2D eigenvalue weighted by molar-refractivity contribution is -0.126. The number of amides is 1. The van der Waals surface area contributed by atoms with E-state index < -0.39 is 5.54 Å². The van der Waals surface area contributed by atoms with Gasteiger partial charge in [-0.2, -0.15) is 0 Å². The molecule has 1 aliphatic carbocycles. The van der Waals surface area contributed by atoms with Gasteiger partial charge in [-0.3, -0.25) is 4.79 Å². The zero-order valence-electron chi connectivity index (χ0n) is 10.6. The minimum Gasteiger partial charge on any atom is -0.351 e. The van der Waals surface area contributed by atoms with Gasteiger partial charge < -0.3 is 11.1 Å². The molecule has 1 aliphatic rings. The van der Waals surface area contributed by atoms with Crippen molar-refractivity contribution < 1.29 is 4.79 Å². The molecule has 0 bridgehead atoms. The van der Waals surface area contributed by atoms with E-state index in [0.29, 0.717) is 6.04 Å². The minimum atomic E-state index is -0.969. The number of nitrogens with two attached hydrogens (primary N) is 1. The van der Waals surface area contributed by atoms with Gasteiger partial charge in [0.25, 0.3) is 0 Å². The zero-order valence-corrected chi connectivity index (χ0v) is 12.2. The molecule has 0 aliphatic heterocycles. The summed E-state index contributed by atoms with van der Waals surface area (Å²) in [4.78, 5) is 12.3. The molecule has 18 heavy (non-hydrogen) atoms. The quantitative estimate of drug-likeness (QED) is 0.902. The SMILES string of the molecule is CC(N)(C(=O)NC1CCCC1)c1ccc(Br)cc1. The van der Waals surface area contributed by atoms with Crippen LogP contribution in [0.1, 0.15) is 38.2 Å². The zero-order chi connectivity index (χ0) is 13.2. The van der Waals surface area contributed by atoms with Crippen LogP contribution in [0.15, 0.2) is 28.7 Å². The molecule has 1 aromatic rings. The summed E-state index contributed by atoms with van der Waals surface area (Å²) in [5, 5.41) is 3.06. The van der Waals surface area contributed by atoms with Crippen LogP contribution in [-0.4, -0.2) is 11.9 Å². The van der Waals surface area contributed by atoms with E-state index in [1.807, 2.05) is 24.3 Å². The molecule has 1 amide bonds. The van der Waals surface area contributed by atoms with Crippen molar-refractivity contribution in [3.8, 4) is 0 Å². The summed E-state index contributed by atoms with van der Waals surface area (Å²) in [6, 6.07) is 7.89. The second-order valence-corrected chi connectivity index (χ2v) is 6.08. The highest BCUT2D eigenvalue weighted by Gasteiger charge is 2.32. The minimum absolute atomic E-state index is 0.0864. The average molecular weight is 311 g/mol. The lowest BCUT2D eigenvalue weighted by atomic mass is 9.92. The summed E-state index contributed by atoms with van der Waals surface area (Å²) >= 11 is 3.38. The third kappa shape index (κ3) is 2.93. The number of carbonyl (C=O) groups excluding carboxylic acids is 1. The third-order valence-electron chi connectivity index (χ3n) is 3.61. The van der Waals surface area contributed by atoms with Crippen LogP contribution in [0.2, 0.25) is 0 Å². The highest BCUT2D eigenvalue weighted by molar-refractivity contribution is 9.10. The van der Waals surface area contributed by atoms with Crippen LogP contribution in [-0.2, 0) is 10.3 Å². The monoisotopic (exact) mass is 310 g/mol. The molecular weight excluding hydrogens is 292 g/mol. The van der Waals surface area contributed by atoms with Crippen LogP contribution in [0.5, 0.6) is 0 Å². The van der Waals surface area contributed by atoms with Crippen molar-refractivity contribution in [1.82, 2.24) is 5.32 Å². The fourth-order valence-corrected chi connectivity index (χ4v) is 2.60. The molecule has 98 valence electrons. The number of rotatable bonds is 3. The maximum atomic E-state index is 12.3. The molecule has 1 fully saturated rings. The average Bonchev–Trinajstić information content (AvgIpc) is 2.82. The van der Waals surface area contributed by atoms with Crippen molar-refractivity contribution >= 4 is 21.8 Å². The van der Waals surface area contributed by atoms with Gasteiger partial charge in [-0.25, -0.2) is 0 Å². The number of carbonyl (C=O) groups is 1. The number of hydrogen-bond donors (Lipinski definition) is 2. The van der Waals surface area contributed by atoms with Gasteiger partial charge in [0.15, 0.2) is 0 Å². The van der Waals surface area contributed by atoms with E-state index in [9.17, 15) is 4.79 Å². The normalized spacial score (nSPS) is 19.5. The van der Waals surface area contributed by atoms with Crippen LogP contribution in [0.3, 0.4) is 0 Å². The topological polar surface area (TPSA) is 55.1 Å². The summed E-state index contributed by atoms with van der Waals surface area (Å²) in [7, 11) is 0. The second-order valence-electron chi connectivity index (χ2n) is 5.16. The Kier molecular flexibility index (Phi) is 4.07. The predicted octanol–water partition coefficient (Wildman–Crippen LogP) is 2.68. The van der Waals surface area contributed by atoms with Gasteiger partial charge in [-0.15, -0.1) is 0 Å². The van der Waals surface area contributed by atoms with Crippen LogP contribution >= 0.6 is 15.9 Å². The van der Waals surface area contributed by atoms with E-state index >= 15 is 0 Å². The van der Waals surface area contributed by atoms with Gasteiger partial charge >= 0.3 is 0 Å². The Morgan fingerprint density at radius 2 is 1.89 bits per heavy atom. The lowest BCUT2D eigenvalue weighted by Crippen LogP contribution is -2.51. The molecule has 0 aromatic heterocycles. The van der Waals surface area contributed by atoms with E-state index in [2.05, 4.69) is 21.2 Å². The smallest absolute Gasteiger partial charge is 0.244 e. The van der Waals surface area contributed by atoms with Gasteiger partial charge in [0.1, 0.15) is 5.54 Å². The van der Waals surface area contributed by atoms with E-state index in [0.717, 1.165) is 22.9 Å². The summed E-state index contributed by atoms with van der Waals surface area (Å²) in [5.74, 6) is -0.0864. The first-order valence-electron chi connectivity index (χ1n) is 6.36. The number of halogens is 1. The van der Waals surface area contributed by atoms with Gasteiger partial charge in [-0.1, -0.05) is 40.9 Å². The highest BCUT2D eigenvalue weighted by Crippen LogP contribution is 2.23. The van der Waals surface area contributed by atoms with Gasteiger partial charge in [0, 0.05) is 10.5 Å². The maximum absolute atomic E-state index is 12.3. The highest BCUT2D eigenvalue weighted by atomic mass is 79.9. The van der Waals surface area contributed by atoms with Gasteiger partial charge in [0.2, 0.25) is 5.91 Å². The van der Waals surface area contributed by atoms with Crippen molar-refractivity contribution in [3.05, 3.63) is 34.3 Å². The van der Waals surface area contributed by atoms with Crippen LogP contribution in [0, 0.1) is 0 Å². The maximum Gasteiger partial charge on any atom is 0.244 e. The molecule has 3 N–H and O–H groups in total. The number of benzene rings is 1. The summed E-state index contributed by atoms with van der Waals surface area (Å²) in [6.07, 6.45) is 4.54. The molecule has 0 saturated heterocycles. The summed E-state index contributed by atoms with van der Waals surface area (Å²) in [6.45, 7) is 1.76. The number of hydrogen-bond acceptors (Lipinski definition) is 2. The summed E-state index contributed by atoms with van der Waals surface area (Å²) in [5.41, 5.74) is 6.05. The van der Waals surface area contributed by atoms with Crippen molar-refractivity contribution in [1.29, 1.82) is 0 Å². The molecule has 0 radical (unpaired) electrons. The van der Waals surface area contributed by atoms with Gasteiger partial charge in [-0.05, 0) is 37.5 Å². The van der Waals surface area contributed by atoms with Crippen LogP contribution < -0.4 is 11.1 Å². The Hall–Kier alpha value is -0.870. The molecule has 1 atom stereocenters. The van der Waals surface area contributed by atoms with E-state index in [1.165, 1.54) is 12.8 Å². The van der Waals surface area contributed by atoms with Crippen LogP contribution in [0.25, 0.3) is 0 Å². The third-order valence-corrected chi connectivity index (χ3v) is 4.13. The molecule has 0 heterocycles. The Balaban J connectivity index is 2.08. The largest absolute Gasteiger partial charge is 0.351 e. The van der Waals surface area contributed by atoms with Gasteiger partial charge in [0.05, 0.1) is 0 Å². The molecule has 3 nitrogen and oxygen atoms in total. The fourth-order valence-electron chi connectivity index (χ4n) is 2.33. The standard InChI is InChI=1S/C14H19BrN2O/c1-14(16,10-6-8-11(15)9-7-10)13(18)17-12-4-2-3-5-12/h6-9,12H,2-5,16H2,1H3,(H,17,18). The predicted molar refractivity (Wildman–Crippen MR) is 76.1 cm³/mol. The first-order chi connectivity index (χ1) is 8.50. The summed E-state index contributed by atoms with van der Waals surface area (Å²) < 4.78 is 0.984. The first kappa shape index (κ1) is 13.6. The fraction of sp³-hybridized carbons (Fsp3) is 0.500. The van der Waals surface area contributed by atoms with Crippen molar-refractivity contribution in [2.75, 3.05) is 0 Å². The van der Waals surface area contributed by atoms with E-state index in [4.69, 9.17) is 5.73 Å². The Bertz CT molecular complexity index is 422. The Labute approximate surface area is 116 Å². The molecule has 1 unspecified atom stereocenters. The Morgan fingerprint density at radius 3 is 2.44 bits per heavy atom. The van der Waals surface area contributed by atoms with Crippen molar-refractivity contribution in [3.63, 3.8) is 0 Å². The lowest BCUT2D eigenvalue weighted by Gasteiger charge is -2.26. The molecule has 2 rings (SSSR count). The van der Waals surface area contributed by atoms with Crippen molar-refractivity contribution in [2.45, 2.75) is 44.2 Å². The second kappa shape index (κ2) is 5.41. The molecular formula is C14H19BrN2O. The molecule has 1 saturated carbocycles. The molecule has 1 aromatic carbocycles. The van der Waals surface area contributed by atoms with E-state index in [1.54, 1.807) is 6.92 Å². The molecule has 4 heteroatoms. The van der Waals surface area contributed by atoms with Crippen LogP contribution in [0.4, 0.5) is 0 Å².